The second-order valence-electron chi connectivity index (χ2n) is 6.81. The number of likely N-dealkylation sites (tertiary alicyclic amines) is 1. The molecule has 2 aromatic carbocycles. The van der Waals surface area contributed by atoms with Crippen LogP contribution in [0.3, 0.4) is 0 Å². The van der Waals surface area contributed by atoms with Crippen LogP contribution in [0.1, 0.15) is 18.4 Å². The molecule has 1 aliphatic heterocycles. The number of benzene rings is 2. The number of para-hydroxylation sites is 1. The van der Waals surface area contributed by atoms with Crippen LogP contribution >= 0.6 is 0 Å². The molecule has 1 fully saturated rings. The van der Waals surface area contributed by atoms with Gasteiger partial charge >= 0.3 is 0 Å². The maximum Gasteiger partial charge on any atom is 0.226 e. The van der Waals surface area contributed by atoms with Gasteiger partial charge in [0.25, 0.3) is 0 Å². The van der Waals surface area contributed by atoms with Gasteiger partial charge in [-0.3, -0.25) is 4.90 Å². The lowest BCUT2D eigenvalue weighted by atomic mass is 10.0. The minimum atomic E-state index is 0.393. The van der Waals surface area contributed by atoms with E-state index >= 15 is 0 Å². The average molecular weight is 360 g/mol. The van der Waals surface area contributed by atoms with Crippen LogP contribution in [0.25, 0.3) is 0 Å². The molecule has 0 bridgehead atoms. The van der Waals surface area contributed by atoms with Crippen LogP contribution in [-0.2, 0) is 6.54 Å². The quantitative estimate of drug-likeness (QED) is 0.708. The number of hydrogen-bond acceptors (Lipinski definition) is 5. The molecular formula is C22H24N4O. The molecule has 1 N–H and O–H groups in total. The Morgan fingerprint density at radius 3 is 2.37 bits per heavy atom. The molecule has 0 atom stereocenters. The first-order valence-electron chi connectivity index (χ1n) is 9.44. The highest BCUT2D eigenvalue weighted by Gasteiger charge is 2.20. The Bertz CT molecular complexity index is 833. The van der Waals surface area contributed by atoms with Crippen LogP contribution in [0.15, 0.2) is 72.9 Å². The lowest BCUT2D eigenvalue weighted by Gasteiger charge is -2.32. The highest BCUT2D eigenvalue weighted by molar-refractivity contribution is 5.32. The van der Waals surface area contributed by atoms with Crippen molar-refractivity contribution < 1.29 is 4.74 Å². The van der Waals surface area contributed by atoms with Crippen molar-refractivity contribution in [1.29, 1.82) is 0 Å². The number of anilines is 1. The van der Waals surface area contributed by atoms with E-state index in [2.05, 4.69) is 50.5 Å². The van der Waals surface area contributed by atoms with E-state index in [4.69, 9.17) is 4.74 Å². The number of ether oxygens (including phenoxy) is 1. The smallest absolute Gasteiger partial charge is 0.226 e. The molecule has 1 aliphatic rings. The third-order valence-corrected chi connectivity index (χ3v) is 4.77. The lowest BCUT2D eigenvalue weighted by molar-refractivity contribution is 0.211. The topological polar surface area (TPSA) is 50.3 Å². The van der Waals surface area contributed by atoms with Gasteiger partial charge in [0.1, 0.15) is 5.75 Å². The minimum Gasteiger partial charge on any atom is -0.439 e. The number of rotatable bonds is 6. The zero-order valence-electron chi connectivity index (χ0n) is 15.3. The summed E-state index contributed by atoms with van der Waals surface area (Å²) in [7, 11) is 0. The monoisotopic (exact) mass is 360 g/mol. The first-order chi connectivity index (χ1) is 13.3. The standard InChI is InChI=1S/C22H24N4O/c1-3-7-18(8-4-1)17-26-15-12-19(13-16-26)24-22-23-14-11-21(25-22)27-20-9-5-2-6-10-20/h1-11,14,19H,12-13,15-17H2,(H,23,24,25). The third kappa shape index (κ3) is 5.05. The summed E-state index contributed by atoms with van der Waals surface area (Å²) >= 11 is 0. The number of piperidine rings is 1. The van der Waals surface area contributed by atoms with E-state index in [1.807, 2.05) is 30.3 Å². The van der Waals surface area contributed by atoms with Crippen LogP contribution in [0.4, 0.5) is 5.95 Å². The van der Waals surface area contributed by atoms with Crippen LogP contribution in [-0.4, -0.2) is 34.0 Å². The van der Waals surface area contributed by atoms with Crippen LogP contribution in [0.2, 0.25) is 0 Å². The highest BCUT2D eigenvalue weighted by Crippen LogP contribution is 2.21. The van der Waals surface area contributed by atoms with Gasteiger partial charge in [0.15, 0.2) is 0 Å². The summed E-state index contributed by atoms with van der Waals surface area (Å²) in [6.45, 7) is 3.17. The normalized spacial score (nSPS) is 15.4. The molecule has 138 valence electrons. The molecule has 0 aliphatic carbocycles. The van der Waals surface area contributed by atoms with E-state index in [0.29, 0.717) is 17.9 Å². The minimum absolute atomic E-state index is 0.393. The second kappa shape index (κ2) is 8.64. The van der Waals surface area contributed by atoms with E-state index < -0.39 is 0 Å². The molecule has 5 heteroatoms. The van der Waals surface area contributed by atoms with Gasteiger partial charge in [-0.05, 0) is 30.5 Å². The zero-order chi connectivity index (χ0) is 18.3. The Labute approximate surface area is 160 Å². The van der Waals surface area contributed by atoms with Gasteiger partial charge in [0.05, 0.1) is 0 Å². The average Bonchev–Trinajstić information content (AvgIpc) is 2.71. The molecule has 5 nitrogen and oxygen atoms in total. The first-order valence-corrected chi connectivity index (χ1v) is 9.44. The van der Waals surface area contributed by atoms with Crippen molar-refractivity contribution in [1.82, 2.24) is 14.9 Å². The summed E-state index contributed by atoms with van der Waals surface area (Å²) in [5.41, 5.74) is 1.37. The maximum atomic E-state index is 5.79. The van der Waals surface area contributed by atoms with Gasteiger partial charge in [-0.15, -0.1) is 0 Å². The van der Waals surface area contributed by atoms with Crippen molar-refractivity contribution in [2.45, 2.75) is 25.4 Å². The van der Waals surface area contributed by atoms with Crippen molar-refractivity contribution in [3.8, 4) is 11.6 Å². The fourth-order valence-corrected chi connectivity index (χ4v) is 3.34. The van der Waals surface area contributed by atoms with Gasteiger partial charge in [-0.2, -0.15) is 4.98 Å². The third-order valence-electron chi connectivity index (χ3n) is 4.77. The number of hydrogen-bond donors (Lipinski definition) is 1. The summed E-state index contributed by atoms with van der Waals surface area (Å²) in [6, 6.07) is 22.5. The van der Waals surface area contributed by atoms with E-state index in [-0.39, 0.29) is 0 Å². The first kappa shape index (κ1) is 17.5. The molecular weight excluding hydrogens is 336 g/mol. The maximum absolute atomic E-state index is 5.79. The molecule has 27 heavy (non-hydrogen) atoms. The molecule has 0 unspecified atom stereocenters. The Morgan fingerprint density at radius 1 is 0.926 bits per heavy atom. The van der Waals surface area contributed by atoms with Gasteiger partial charge < -0.3 is 10.1 Å². The summed E-state index contributed by atoms with van der Waals surface area (Å²) in [4.78, 5) is 11.3. The summed E-state index contributed by atoms with van der Waals surface area (Å²) in [5.74, 6) is 1.96. The van der Waals surface area contributed by atoms with Crippen LogP contribution < -0.4 is 10.1 Å². The molecule has 4 rings (SSSR count). The van der Waals surface area contributed by atoms with E-state index in [1.165, 1.54) is 5.56 Å². The Balaban J connectivity index is 1.29. The zero-order valence-corrected chi connectivity index (χ0v) is 15.3. The Kier molecular flexibility index (Phi) is 5.60. The molecule has 0 spiro atoms. The summed E-state index contributed by atoms with van der Waals surface area (Å²) < 4.78 is 5.79. The van der Waals surface area contributed by atoms with Crippen molar-refractivity contribution in [2.24, 2.45) is 0 Å². The fraction of sp³-hybridized carbons (Fsp3) is 0.273. The van der Waals surface area contributed by atoms with Crippen molar-refractivity contribution >= 4 is 5.95 Å². The molecule has 0 amide bonds. The fourth-order valence-electron chi connectivity index (χ4n) is 3.34. The molecule has 1 saturated heterocycles. The molecule has 0 saturated carbocycles. The van der Waals surface area contributed by atoms with Crippen molar-refractivity contribution in [2.75, 3.05) is 18.4 Å². The van der Waals surface area contributed by atoms with E-state index in [9.17, 15) is 0 Å². The molecule has 0 radical (unpaired) electrons. The largest absolute Gasteiger partial charge is 0.439 e. The van der Waals surface area contributed by atoms with Gasteiger partial charge in [0, 0.05) is 37.9 Å². The molecule has 1 aromatic heterocycles. The van der Waals surface area contributed by atoms with Crippen molar-refractivity contribution in [3.05, 3.63) is 78.5 Å². The predicted octanol–water partition coefficient (Wildman–Crippen LogP) is 4.35. The van der Waals surface area contributed by atoms with Gasteiger partial charge in [-0.25, -0.2) is 4.98 Å². The second-order valence-corrected chi connectivity index (χ2v) is 6.81. The Morgan fingerprint density at radius 2 is 1.63 bits per heavy atom. The predicted molar refractivity (Wildman–Crippen MR) is 107 cm³/mol. The van der Waals surface area contributed by atoms with Crippen molar-refractivity contribution in [3.63, 3.8) is 0 Å². The summed E-state index contributed by atoms with van der Waals surface area (Å²) in [5, 5.41) is 3.46. The Hall–Kier alpha value is -2.92. The van der Waals surface area contributed by atoms with Gasteiger partial charge in [-0.1, -0.05) is 48.5 Å². The lowest BCUT2D eigenvalue weighted by Crippen LogP contribution is -2.38. The number of nitrogens with one attached hydrogen (secondary N) is 1. The van der Waals surface area contributed by atoms with Gasteiger partial charge in [0.2, 0.25) is 11.8 Å². The van der Waals surface area contributed by atoms with Crippen LogP contribution in [0, 0.1) is 0 Å². The molecule has 2 heterocycles. The van der Waals surface area contributed by atoms with E-state index in [1.54, 1.807) is 12.3 Å². The summed E-state index contributed by atoms with van der Waals surface area (Å²) in [6.07, 6.45) is 3.90. The highest BCUT2D eigenvalue weighted by atomic mass is 16.5. The SMILES string of the molecule is c1ccc(CN2CCC(Nc3nccc(Oc4ccccc4)n3)CC2)cc1. The molecule has 3 aromatic rings. The number of nitrogens with zero attached hydrogens (tertiary/aromatic N) is 3. The van der Waals surface area contributed by atoms with E-state index in [0.717, 1.165) is 38.2 Å². The number of aromatic nitrogens is 2. The van der Waals surface area contributed by atoms with Crippen LogP contribution in [0.5, 0.6) is 11.6 Å².